The van der Waals surface area contributed by atoms with Gasteiger partial charge in [0.2, 0.25) is 0 Å². The van der Waals surface area contributed by atoms with E-state index in [4.69, 9.17) is 5.11 Å². The van der Waals surface area contributed by atoms with Crippen molar-refractivity contribution in [3.8, 4) is 0 Å². The number of aliphatic hydroxyl groups is 1. The minimum Gasteiger partial charge on any atom is -0.387 e. The Balaban J connectivity index is 0. The van der Waals surface area contributed by atoms with Gasteiger partial charge in [0, 0.05) is 0 Å². The van der Waals surface area contributed by atoms with E-state index < -0.39 is 12.5 Å². The Hall–Kier alpha value is 0.110. The van der Waals surface area contributed by atoms with Crippen molar-refractivity contribution < 1.29 is 13.9 Å². The Morgan fingerprint density at radius 1 is 1.43 bits per heavy atom. The first-order valence-corrected chi connectivity index (χ1v) is 1.61. The lowest BCUT2D eigenvalue weighted by molar-refractivity contribution is 0.00720. The third-order valence-corrected chi connectivity index (χ3v) is 0.365. The van der Waals surface area contributed by atoms with E-state index in [9.17, 15) is 8.78 Å². The molecule has 0 amide bonds. The molecule has 0 saturated carbocycles. The Morgan fingerprint density at radius 2 is 1.57 bits per heavy atom. The van der Waals surface area contributed by atoms with E-state index >= 15 is 0 Å². The summed E-state index contributed by atoms with van der Waals surface area (Å²) >= 11 is 0. The lowest BCUT2D eigenvalue weighted by Gasteiger charge is -1.96. The minimum atomic E-state index is -2.59. The molecule has 0 aromatic carbocycles. The fourth-order valence-electron chi connectivity index (χ4n) is 0. The number of hydrogen-bond acceptors (Lipinski definition) is 1. The summed E-state index contributed by atoms with van der Waals surface area (Å²) in [6.45, 7) is 1.05. The zero-order valence-electron chi connectivity index (χ0n) is 3.77. The summed E-state index contributed by atoms with van der Waals surface area (Å²) in [5.74, 6) is 0. The van der Waals surface area contributed by atoms with Gasteiger partial charge in [0.25, 0.3) is 6.43 Å². The molecule has 0 heterocycles. The lowest BCUT2D eigenvalue weighted by Crippen LogP contribution is -2.10. The van der Waals surface area contributed by atoms with Crippen LogP contribution < -0.4 is 0 Å². The normalized spacial score (nSPS) is 13.3. The quantitative estimate of drug-likeness (QED) is 0.566. The summed E-state index contributed by atoms with van der Waals surface area (Å²) in [5.41, 5.74) is 0. The van der Waals surface area contributed by atoms with Crippen molar-refractivity contribution in [2.45, 2.75) is 19.5 Å². The number of alkyl halides is 2. The van der Waals surface area contributed by atoms with Gasteiger partial charge in [-0.3, -0.25) is 0 Å². The molecule has 4 heteroatoms. The average molecular weight is 133 g/mol. The molecule has 0 bridgehead atoms. The van der Waals surface area contributed by atoms with Crippen LogP contribution in [0.15, 0.2) is 0 Å². The minimum absolute atomic E-state index is 0. The molecule has 0 aromatic heterocycles. The zero-order chi connectivity index (χ0) is 5.15. The van der Waals surface area contributed by atoms with Crippen molar-refractivity contribution in [3.05, 3.63) is 0 Å². The molecule has 7 heavy (non-hydrogen) atoms. The van der Waals surface area contributed by atoms with Crippen LogP contribution in [0.1, 0.15) is 6.92 Å². The second kappa shape index (κ2) is 4.27. The molecule has 0 aromatic rings. The Bertz CT molecular complexity index is 33.9. The van der Waals surface area contributed by atoms with Crippen molar-refractivity contribution in [1.82, 2.24) is 0 Å². The zero-order valence-corrected chi connectivity index (χ0v) is 4.58. The molecule has 0 rings (SSSR count). The molecule has 46 valence electrons. The van der Waals surface area contributed by atoms with Crippen LogP contribution in [0.2, 0.25) is 0 Å². The van der Waals surface area contributed by atoms with Gasteiger partial charge in [-0.2, -0.15) is 0 Å². The van der Waals surface area contributed by atoms with E-state index in [1.54, 1.807) is 0 Å². The highest BCUT2D eigenvalue weighted by Gasteiger charge is 2.07. The molecule has 1 nitrogen and oxygen atoms in total. The maximum absolute atomic E-state index is 10.9. The van der Waals surface area contributed by atoms with Gasteiger partial charge in [-0.25, -0.2) is 8.78 Å². The van der Waals surface area contributed by atoms with Crippen LogP contribution in [0, 0.1) is 0 Å². The van der Waals surface area contributed by atoms with Gasteiger partial charge >= 0.3 is 0 Å². The molecule has 1 atom stereocenters. The maximum Gasteiger partial charge on any atom is 0.263 e. The highest BCUT2D eigenvalue weighted by molar-refractivity contribution is 5.85. The first-order chi connectivity index (χ1) is 2.64. The summed E-state index contributed by atoms with van der Waals surface area (Å²) in [4.78, 5) is 0. The van der Waals surface area contributed by atoms with Crippen LogP contribution in [0.25, 0.3) is 0 Å². The standard InChI is InChI=1S/C3H6F2O.ClH/c1-2(6)3(4)5;/h2-3,6H,1H3;1H/t2-;/m0./s1. The van der Waals surface area contributed by atoms with Crippen molar-refractivity contribution >= 4 is 12.4 Å². The third-order valence-electron chi connectivity index (χ3n) is 0.365. The summed E-state index contributed by atoms with van der Waals surface area (Å²) in [7, 11) is 0. The molecule has 0 unspecified atom stereocenters. The molecule has 0 aliphatic heterocycles. The van der Waals surface area contributed by atoms with E-state index in [0.717, 1.165) is 6.92 Å². The second-order valence-corrected chi connectivity index (χ2v) is 1.08. The largest absolute Gasteiger partial charge is 0.387 e. The predicted octanol–water partition coefficient (Wildman–Crippen LogP) is 1.05. The highest BCUT2D eigenvalue weighted by Crippen LogP contribution is 1.96. The van der Waals surface area contributed by atoms with Gasteiger partial charge < -0.3 is 5.11 Å². The maximum atomic E-state index is 10.9. The van der Waals surface area contributed by atoms with Gasteiger partial charge in [0.1, 0.15) is 6.10 Å². The molecule has 0 aliphatic carbocycles. The van der Waals surface area contributed by atoms with E-state index in [0.29, 0.717) is 0 Å². The van der Waals surface area contributed by atoms with Crippen LogP contribution in [0.5, 0.6) is 0 Å². The molecule has 0 aliphatic rings. The van der Waals surface area contributed by atoms with Gasteiger partial charge in [0.15, 0.2) is 0 Å². The van der Waals surface area contributed by atoms with E-state index in [1.807, 2.05) is 0 Å². The molecule has 0 spiro atoms. The third kappa shape index (κ3) is 6.11. The Kier molecular flexibility index (Phi) is 6.21. The van der Waals surface area contributed by atoms with Crippen molar-refractivity contribution in [2.24, 2.45) is 0 Å². The predicted molar refractivity (Wildman–Crippen MR) is 24.9 cm³/mol. The number of hydrogen-bond donors (Lipinski definition) is 1. The second-order valence-electron chi connectivity index (χ2n) is 1.08. The lowest BCUT2D eigenvalue weighted by atomic mass is 10.4. The fraction of sp³-hybridized carbons (Fsp3) is 1.00. The average Bonchev–Trinajstić information content (AvgIpc) is 1.36. The van der Waals surface area contributed by atoms with Crippen LogP contribution in [-0.2, 0) is 0 Å². The Morgan fingerprint density at radius 3 is 1.57 bits per heavy atom. The summed E-state index contributed by atoms with van der Waals surface area (Å²) in [6.07, 6.45) is -4.07. The first kappa shape index (κ1) is 10.2. The smallest absolute Gasteiger partial charge is 0.263 e. The van der Waals surface area contributed by atoms with Crippen LogP contribution in [0.3, 0.4) is 0 Å². The Labute approximate surface area is 46.7 Å². The van der Waals surface area contributed by atoms with E-state index in [1.165, 1.54) is 0 Å². The van der Waals surface area contributed by atoms with E-state index in [2.05, 4.69) is 0 Å². The van der Waals surface area contributed by atoms with Gasteiger partial charge in [0.05, 0.1) is 0 Å². The number of rotatable bonds is 1. The van der Waals surface area contributed by atoms with Crippen molar-refractivity contribution in [2.75, 3.05) is 0 Å². The molecule has 0 fully saturated rings. The van der Waals surface area contributed by atoms with Crippen LogP contribution in [0.4, 0.5) is 8.78 Å². The van der Waals surface area contributed by atoms with Crippen LogP contribution in [-0.4, -0.2) is 17.6 Å². The topological polar surface area (TPSA) is 20.2 Å². The van der Waals surface area contributed by atoms with Crippen LogP contribution >= 0.6 is 12.4 Å². The van der Waals surface area contributed by atoms with Gasteiger partial charge in [-0.05, 0) is 6.92 Å². The van der Waals surface area contributed by atoms with Crippen molar-refractivity contribution in [3.63, 3.8) is 0 Å². The first-order valence-electron chi connectivity index (χ1n) is 1.61. The molecular formula is C3H7ClF2O. The molecule has 1 N–H and O–H groups in total. The van der Waals surface area contributed by atoms with Gasteiger partial charge in [-0.1, -0.05) is 0 Å². The number of halogens is 3. The SMILES string of the molecule is C[C@H](O)C(F)F.Cl. The fourth-order valence-corrected chi connectivity index (χ4v) is 0. The summed E-state index contributed by atoms with van der Waals surface area (Å²) in [5, 5.41) is 7.88. The molecular weight excluding hydrogens is 125 g/mol. The summed E-state index contributed by atoms with van der Waals surface area (Å²) in [6, 6.07) is 0. The van der Waals surface area contributed by atoms with E-state index in [-0.39, 0.29) is 12.4 Å². The summed E-state index contributed by atoms with van der Waals surface area (Å²) < 4.78 is 21.8. The van der Waals surface area contributed by atoms with Gasteiger partial charge in [-0.15, -0.1) is 12.4 Å². The molecule has 0 radical (unpaired) electrons. The van der Waals surface area contributed by atoms with Crippen molar-refractivity contribution in [1.29, 1.82) is 0 Å². The molecule has 0 saturated heterocycles. The highest BCUT2D eigenvalue weighted by atomic mass is 35.5. The monoisotopic (exact) mass is 132 g/mol. The number of aliphatic hydroxyl groups excluding tert-OH is 1.